The second-order valence-electron chi connectivity index (χ2n) is 16.1. The van der Waals surface area contributed by atoms with E-state index in [0.29, 0.717) is 5.82 Å². The minimum atomic E-state index is -0.391. The van der Waals surface area contributed by atoms with Crippen molar-refractivity contribution in [2.24, 2.45) is 0 Å². The molecule has 11 rings (SSSR count). The van der Waals surface area contributed by atoms with Crippen LogP contribution in [0.2, 0.25) is 0 Å². The van der Waals surface area contributed by atoms with E-state index in [-0.39, 0.29) is 5.41 Å². The summed E-state index contributed by atoms with van der Waals surface area (Å²) in [7, 11) is 0. The van der Waals surface area contributed by atoms with Crippen LogP contribution in [0.25, 0.3) is 67.3 Å². The topological polar surface area (TPSA) is 25.8 Å². The molecule has 2 heteroatoms. The Hall–Kier alpha value is -7.16. The van der Waals surface area contributed by atoms with Crippen LogP contribution < -0.4 is 0 Å². The average Bonchev–Trinajstić information content (AvgIpc) is 3.59. The van der Waals surface area contributed by atoms with Crippen LogP contribution >= 0.6 is 0 Å². The van der Waals surface area contributed by atoms with E-state index in [0.717, 1.165) is 33.6 Å². The smallest absolute Gasteiger partial charge is 0.160 e. The van der Waals surface area contributed by atoms with Gasteiger partial charge in [0.25, 0.3) is 0 Å². The lowest BCUT2D eigenvalue weighted by atomic mass is 9.55. The first-order valence-corrected chi connectivity index (χ1v) is 20.2. The minimum absolute atomic E-state index is 0.115. The summed E-state index contributed by atoms with van der Waals surface area (Å²) in [5, 5.41) is 0. The Bertz CT molecular complexity index is 2950. The Labute approximate surface area is 340 Å². The fourth-order valence-electron chi connectivity index (χ4n) is 9.80. The molecule has 0 N–H and O–H groups in total. The Morgan fingerprint density at radius 1 is 0.293 bits per heavy atom. The molecule has 1 aromatic heterocycles. The van der Waals surface area contributed by atoms with E-state index in [9.17, 15) is 0 Å². The molecule has 0 radical (unpaired) electrons. The van der Waals surface area contributed by atoms with Crippen LogP contribution in [-0.4, -0.2) is 9.97 Å². The van der Waals surface area contributed by atoms with Crippen LogP contribution in [0.15, 0.2) is 206 Å². The lowest BCUT2D eigenvalue weighted by Crippen LogP contribution is -2.40. The first kappa shape index (κ1) is 34.1. The summed E-state index contributed by atoms with van der Waals surface area (Å²) in [4.78, 5) is 10.3. The molecule has 0 bridgehead atoms. The van der Waals surface area contributed by atoms with Gasteiger partial charge in [0.05, 0.1) is 16.8 Å². The standard InChI is InChI=1S/C56H40N2/c1-55(2)48-21-11-13-23-50(48)56(51-24-14-12-22-49(51)55)46-20-10-9-19-44(46)45-35-43(33-34-47(45)56)39-27-31-42(32-28-39)54-57-52(40-17-7-4-8-18-40)36-53(58-54)41-29-25-38(26-30-41)37-15-5-3-6-16-37/h3-36H,1-2H3. The Kier molecular flexibility index (Phi) is 7.78. The van der Waals surface area contributed by atoms with Crippen LogP contribution in [0, 0.1) is 0 Å². The fraction of sp³-hybridized carbons (Fsp3) is 0.0714. The van der Waals surface area contributed by atoms with Gasteiger partial charge in [-0.3, -0.25) is 0 Å². The van der Waals surface area contributed by atoms with E-state index in [1.54, 1.807) is 0 Å². The maximum absolute atomic E-state index is 5.16. The van der Waals surface area contributed by atoms with Crippen molar-refractivity contribution < 1.29 is 0 Å². The predicted molar refractivity (Wildman–Crippen MR) is 239 cm³/mol. The molecule has 2 nitrogen and oxygen atoms in total. The molecule has 0 fully saturated rings. The lowest BCUT2D eigenvalue weighted by Gasteiger charge is -2.46. The molecule has 58 heavy (non-hydrogen) atoms. The maximum atomic E-state index is 5.16. The number of aromatic nitrogens is 2. The van der Waals surface area contributed by atoms with Crippen LogP contribution in [-0.2, 0) is 10.8 Å². The third-order valence-corrected chi connectivity index (χ3v) is 12.6. The number of hydrogen-bond acceptors (Lipinski definition) is 2. The molecular weight excluding hydrogens is 701 g/mol. The number of nitrogens with zero attached hydrogens (tertiary/aromatic N) is 2. The van der Waals surface area contributed by atoms with Crippen LogP contribution in [0.1, 0.15) is 47.2 Å². The van der Waals surface area contributed by atoms with Gasteiger partial charge in [0.2, 0.25) is 0 Å². The summed E-state index contributed by atoms with van der Waals surface area (Å²) in [6.45, 7) is 4.75. The summed E-state index contributed by atoms with van der Waals surface area (Å²) in [6, 6.07) is 74.8. The van der Waals surface area contributed by atoms with Gasteiger partial charge in [0.15, 0.2) is 5.82 Å². The molecule has 1 heterocycles. The van der Waals surface area contributed by atoms with Gasteiger partial charge >= 0.3 is 0 Å². The molecule has 2 aliphatic rings. The van der Waals surface area contributed by atoms with Crippen molar-refractivity contribution in [2.75, 3.05) is 0 Å². The number of benzene rings is 8. The molecule has 1 spiro atoms. The number of fused-ring (bicyclic) bond motifs is 9. The average molecular weight is 741 g/mol. The molecule has 0 aliphatic heterocycles. The molecule has 2 aliphatic carbocycles. The van der Waals surface area contributed by atoms with Crippen molar-refractivity contribution >= 4 is 0 Å². The normalized spacial score (nSPS) is 14.0. The minimum Gasteiger partial charge on any atom is -0.228 e. The maximum Gasteiger partial charge on any atom is 0.160 e. The van der Waals surface area contributed by atoms with Gasteiger partial charge in [-0.15, -0.1) is 0 Å². The van der Waals surface area contributed by atoms with Crippen LogP contribution in [0.4, 0.5) is 0 Å². The molecule has 9 aromatic rings. The zero-order valence-electron chi connectivity index (χ0n) is 32.5. The quantitative estimate of drug-likeness (QED) is 0.176. The van der Waals surface area contributed by atoms with Crippen LogP contribution in [0.5, 0.6) is 0 Å². The monoisotopic (exact) mass is 740 g/mol. The number of hydrogen-bond donors (Lipinski definition) is 0. The lowest BCUT2D eigenvalue weighted by molar-refractivity contribution is 0.563. The van der Waals surface area contributed by atoms with Gasteiger partial charge < -0.3 is 0 Å². The Morgan fingerprint density at radius 3 is 1.29 bits per heavy atom. The second-order valence-corrected chi connectivity index (χ2v) is 16.1. The molecule has 0 amide bonds. The Balaban J connectivity index is 1.00. The van der Waals surface area contributed by atoms with E-state index in [2.05, 4.69) is 208 Å². The second kappa shape index (κ2) is 13.2. The van der Waals surface area contributed by atoms with Crippen molar-refractivity contribution in [2.45, 2.75) is 24.7 Å². The van der Waals surface area contributed by atoms with Gasteiger partial charge in [0, 0.05) is 22.1 Å². The third kappa shape index (κ3) is 5.18. The van der Waals surface area contributed by atoms with Gasteiger partial charge in [-0.05, 0) is 78.9 Å². The van der Waals surface area contributed by atoms with E-state index in [1.165, 1.54) is 61.2 Å². The SMILES string of the molecule is CC1(C)c2ccccc2C2(c3ccccc3-c3cc(-c4ccc(-c5nc(-c6ccccc6)cc(-c6ccc(-c7ccccc7)cc6)n5)cc4)ccc32)c2ccccc21. The highest BCUT2D eigenvalue weighted by Crippen LogP contribution is 2.62. The zero-order valence-corrected chi connectivity index (χ0v) is 32.5. The summed E-state index contributed by atoms with van der Waals surface area (Å²) in [5.41, 5.74) is 20.0. The van der Waals surface area contributed by atoms with E-state index < -0.39 is 5.41 Å². The highest BCUT2D eigenvalue weighted by atomic mass is 14.9. The number of rotatable bonds is 5. The van der Waals surface area contributed by atoms with Crippen molar-refractivity contribution in [3.8, 4) is 67.3 Å². The molecule has 0 saturated carbocycles. The summed E-state index contributed by atoms with van der Waals surface area (Å²) in [6.07, 6.45) is 0. The molecule has 274 valence electrons. The first-order chi connectivity index (χ1) is 28.5. The molecule has 0 saturated heterocycles. The van der Waals surface area contributed by atoms with Gasteiger partial charge in [-0.25, -0.2) is 9.97 Å². The first-order valence-electron chi connectivity index (χ1n) is 20.2. The molecular formula is C56H40N2. The highest BCUT2D eigenvalue weighted by molar-refractivity contribution is 5.90. The van der Waals surface area contributed by atoms with Crippen molar-refractivity contribution in [1.82, 2.24) is 9.97 Å². The van der Waals surface area contributed by atoms with E-state index >= 15 is 0 Å². The summed E-state index contributed by atoms with van der Waals surface area (Å²) < 4.78 is 0. The van der Waals surface area contributed by atoms with E-state index in [1.807, 2.05) is 12.1 Å². The third-order valence-electron chi connectivity index (χ3n) is 12.6. The van der Waals surface area contributed by atoms with Gasteiger partial charge in [-0.1, -0.05) is 208 Å². The Morgan fingerprint density at radius 2 is 0.690 bits per heavy atom. The van der Waals surface area contributed by atoms with E-state index in [4.69, 9.17) is 9.97 Å². The summed E-state index contributed by atoms with van der Waals surface area (Å²) in [5.74, 6) is 0.706. The highest BCUT2D eigenvalue weighted by Gasteiger charge is 2.53. The van der Waals surface area contributed by atoms with Crippen molar-refractivity contribution in [1.29, 1.82) is 0 Å². The van der Waals surface area contributed by atoms with Gasteiger partial charge in [-0.2, -0.15) is 0 Å². The van der Waals surface area contributed by atoms with Gasteiger partial charge in [0.1, 0.15) is 0 Å². The van der Waals surface area contributed by atoms with Crippen LogP contribution in [0.3, 0.4) is 0 Å². The summed E-state index contributed by atoms with van der Waals surface area (Å²) >= 11 is 0. The molecule has 0 atom stereocenters. The predicted octanol–water partition coefficient (Wildman–Crippen LogP) is 13.8. The molecule has 8 aromatic carbocycles. The zero-order chi connectivity index (χ0) is 38.8. The molecule has 0 unspecified atom stereocenters. The van der Waals surface area contributed by atoms with Crippen molar-refractivity contribution in [3.63, 3.8) is 0 Å². The largest absolute Gasteiger partial charge is 0.228 e. The fourth-order valence-corrected chi connectivity index (χ4v) is 9.80. The van der Waals surface area contributed by atoms with Crippen molar-refractivity contribution in [3.05, 3.63) is 240 Å².